The van der Waals surface area contributed by atoms with Crippen LogP contribution < -0.4 is 10.6 Å². The van der Waals surface area contributed by atoms with E-state index in [9.17, 15) is 9.59 Å². The number of carbonyl (C=O) groups excluding carboxylic acids is 2. The zero-order valence-corrected chi connectivity index (χ0v) is 16.0. The summed E-state index contributed by atoms with van der Waals surface area (Å²) in [6.07, 6.45) is 2.93. The number of hydrogen-bond donors (Lipinski definition) is 2. The van der Waals surface area contributed by atoms with Crippen LogP contribution in [0.3, 0.4) is 0 Å². The number of urea groups is 1. The molecular weight excluding hydrogens is 340 g/mol. The van der Waals surface area contributed by atoms with Crippen LogP contribution in [0.15, 0.2) is 54.6 Å². The molecule has 1 atom stereocenters. The zero-order chi connectivity index (χ0) is 19.5. The Balaban J connectivity index is 1.70. The number of ether oxygens (including phenoxy) is 1. The molecule has 27 heavy (non-hydrogen) atoms. The van der Waals surface area contributed by atoms with Gasteiger partial charge in [0.05, 0.1) is 13.2 Å². The van der Waals surface area contributed by atoms with Crippen LogP contribution in [0.5, 0.6) is 0 Å². The topological polar surface area (TPSA) is 67.4 Å². The first-order chi connectivity index (χ1) is 13.1. The third kappa shape index (κ3) is 7.13. The van der Waals surface area contributed by atoms with Gasteiger partial charge in [-0.25, -0.2) is 4.79 Å². The number of nitrogens with one attached hydrogen (secondary N) is 2. The molecule has 0 fully saturated rings. The minimum Gasteiger partial charge on any atom is -0.469 e. The van der Waals surface area contributed by atoms with Gasteiger partial charge in [0, 0.05) is 13.0 Å². The summed E-state index contributed by atoms with van der Waals surface area (Å²) in [4.78, 5) is 23.0. The summed E-state index contributed by atoms with van der Waals surface area (Å²) in [5.74, 6) is -0.187. The monoisotopic (exact) mass is 368 g/mol. The number of unbranched alkanes of at least 4 members (excludes halogenated alkanes) is 2. The minimum atomic E-state index is -0.187. The van der Waals surface area contributed by atoms with Crippen LogP contribution in [0.25, 0.3) is 11.1 Å². The molecule has 2 aromatic rings. The predicted octanol–water partition coefficient (Wildman–Crippen LogP) is 4.45. The maximum absolute atomic E-state index is 12.0. The first-order valence-corrected chi connectivity index (χ1v) is 9.36. The van der Waals surface area contributed by atoms with Crippen molar-refractivity contribution < 1.29 is 14.3 Å². The Hall–Kier alpha value is -2.82. The van der Waals surface area contributed by atoms with E-state index in [-0.39, 0.29) is 18.0 Å². The highest BCUT2D eigenvalue weighted by Gasteiger charge is 2.09. The first kappa shape index (κ1) is 20.5. The van der Waals surface area contributed by atoms with Crippen LogP contribution in [-0.2, 0) is 9.53 Å². The number of rotatable bonds is 9. The Morgan fingerprint density at radius 3 is 2.26 bits per heavy atom. The lowest BCUT2D eigenvalue weighted by Crippen LogP contribution is -2.37. The molecule has 0 aromatic heterocycles. The lowest BCUT2D eigenvalue weighted by Gasteiger charge is -2.15. The second-order valence-electron chi connectivity index (χ2n) is 6.50. The van der Waals surface area contributed by atoms with Crippen molar-refractivity contribution in [2.45, 2.75) is 38.6 Å². The molecule has 5 nitrogen and oxygen atoms in total. The smallest absolute Gasteiger partial charge is 0.315 e. The molecule has 2 N–H and O–H groups in total. The SMILES string of the molecule is COC(=O)CCCCCNC(=O)NC(C)c1ccc(-c2ccccc2)cc1. The van der Waals surface area contributed by atoms with E-state index in [4.69, 9.17) is 0 Å². The molecule has 144 valence electrons. The highest BCUT2D eigenvalue weighted by Crippen LogP contribution is 2.21. The molecule has 1 unspecified atom stereocenters. The molecule has 0 spiro atoms. The lowest BCUT2D eigenvalue weighted by molar-refractivity contribution is -0.140. The Labute approximate surface area is 161 Å². The van der Waals surface area contributed by atoms with Gasteiger partial charge in [-0.2, -0.15) is 0 Å². The molecule has 0 saturated heterocycles. The van der Waals surface area contributed by atoms with Gasteiger partial charge >= 0.3 is 12.0 Å². The molecule has 0 bridgehead atoms. The molecule has 0 saturated carbocycles. The highest BCUT2D eigenvalue weighted by molar-refractivity contribution is 5.74. The van der Waals surface area contributed by atoms with Crippen molar-refractivity contribution in [1.29, 1.82) is 0 Å². The zero-order valence-electron chi connectivity index (χ0n) is 16.0. The number of benzene rings is 2. The van der Waals surface area contributed by atoms with Gasteiger partial charge in [-0.15, -0.1) is 0 Å². The van der Waals surface area contributed by atoms with E-state index in [0.29, 0.717) is 13.0 Å². The molecule has 2 aromatic carbocycles. The molecule has 2 rings (SSSR count). The van der Waals surface area contributed by atoms with Crippen LogP contribution in [0.1, 0.15) is 44.2 Å². The van der Waals surface area contributed by atoms with Crippen molar-refractivity contribution in [3.05, 3.63) is 60.2 Å². The number of hydrogen-bond acceptors (Lipinski definition) is 3. The van der Waals surface area contributed by atoms with Crippen molar-refractivity contribution in [1.82, 2.24) is 10.6 Å². The number of carbonyl (C=O) groups is 2. The van der Waals surface area contributed by atoms with Crippen LogP contribution in [-0.4, -0.2) is 25.7 Å². The molecule has 0 aliphatic rings. The largest absolute Gasteiger partial charge is 0.469 e. The molecule has 5 heteroatoms. The second-order valence-corrected chi connectivity index (χ2v) is 6.50. The average Bonchev–Trinajstić information content (AvgIpc) is 2.71. The fourth-order valence-corrected chi connectivity index (χ4v) is 2.80. The van der Waals surface area contributed by atoms with Gasteiger partial charge in [-0.1, -0.05) is 61.0 Å². The van der Waals surface area contributed by atoms with Gasteiger partial charge in [0.1, 0.15) is 0 Å². The van der Waals surface area contributed by atoms with Crippen molar-refractivity contribution in [2.24, 2.45) is 0 Å². The number of esters is 1. The summed E-state index contributed by atoms with van der Waals surface area (Å²) < 4.78 is 4.59. The third-order valence-electron chi connectivity index (χ3n) is 4.44. The standard InChI is InChI=1S/C22H28N2O3/c1-17(24-22(26)23-16-8-4-7-11-21(25)27-2)18-12-14-20(15-13-18)19-9-5-3-6-10-19/h3,5-6,9-10,12-15,17H,4,7-8,11,16H2,1-2H3,(H2,23,24,26). The van der Waals surface area contributed by atoms with Gasteiger partial charge in [0.2, 0.25) is 0 Å². The summed E-state index contributed by atoms with van der Waals surface area (Å²) >= 11 is 0. The van der Waals surface area contributed by atoms with Gasteiger partial charge in [-0.3, -0.25) is 4.79 Å². The van der Waals surface area contributed by atoms with E-state index in [2.05, 4.69) is 39.6 Å². The summed E-state index contributed by atoms with van der Waals surface area (Å²) in [7, 11) is 1.39. The summed E-state index contributed by atoms with van der Waals surface area (Å²) in [6.45, 7) is 2.56. The predicted molar refractivity (Wildman–Crippen MR) is 107 cm³/mol. The fourth-order valence-electron chi connectivity index (χ4n) is 2.80. The van der Waals surface area contributed by atoms with E-state index in [1.807, 2.05) is 37.3 Å². The average molecular weight is 368 g/mol. The van der Waals surface area contributed by atoms with E-state index >= 15 is 0 Å². The van der Waals surface area contributed by atoms with Crippen LogP contribution in [0.4, 0.5) is 4.79 Å². The molecule has 0 aliphatic carbocycles. The summed E-state index contributed by atoms with van der Waals surface area (Å²) in [5.41, 5.74) is 3.39. The number of amides is 2. The van der Waals surface area contributed by atoms with E-state index in [1.54, 1.807) is 0 Å². The van der Waals surface area contributed by atoms with E-state index in [1.165, 1.54) is 12.7 Å². The van der Waals surface area contributed by atoms with Gasteiger partial charge in [-0.05, 0) is 36.5 Å². The van der Waals surface area contributed by atoms with Gasteiger partial charge in [0.15, 0.2) is 0 Å². The normalized spacial score (nSPS) is 11.5. The second kappa shape index (κ2) is 11.0. The van der Waals surface area contributed by atoms with Gasteiger partial charge < -0.3 is 15.4 Å². The van der Waals surface area contributed by atoms with Crippen LogP contribution in [0, 0.1) is 0 Å². The maximum Gasteiger partial charge on any atom is 0.315 e. The molecular formula is C22H28N2O3. The Bertz CT molecular complexity index is 714. The number of methoxy groups -OCH3 is 1. The maximum atomic E-state index is 12.0. The van der Waals surface area contributed by atoms with E-state index in [0.717, 1.165) is 30.4 Å². The first-order valence-electron chi connectivity index (χ1n) is 9.36. The van der Waals surface area contributed by atoms with Crippen molar-refractivity contribution in [3.8, 4) is 11.1 Å². The lowest BCUT2D eigenvalue weighted by atomic mass is 10.0. The Morgan fingerprint density at radius 1 is 0.926 bits per heavy atom. The molecule has 2 amide bonds. The minimum absolute atomic E-state index is 0.0749. The molecule has 0 heterocycles. The fraction of sp³-hybridized carbons (Fsp3) is 0.364. The molecule has 0 radical (unpaired) electrons. The van der Waals surface area contributed by atoms with Crippen LogP contribution in [0.2, 0.25) is 0 Å². The Morgan fingerprint density at radius 2 is 1.59 bits per heavy atom. The molecule has 0 aliphatic heterocycles. The van der Waals surface area contributed by atoms with Gasteiger partial charge in [0.25, 0.3) is 0 Å². The quantitative estimate of drug-likeness (QED) is 0.508. The summed E-state index contributed by atoms with van der Waals surface area (Å²) in [6, 6.07) is 18.2. The third-order valence-corrected chi connectivity index (χ3v) is 4.44. The Kier molecular flexibility index (Phi) is 8.36. The van der Waals surface area contributed by atoms with Crippen molar-refractivity contribution in [2.75, 3.05) is 13.7 Å². The van der Waals surface area contributed by atoms with Crippen LogP contribution >= 0.6 is 0 Å². The highest BCUT2D eigenvalue weighted by atomic mass is 16.5. The summed E-state index contributed by atoms with van der Waals surface area (Å²) in [5, 5.41) is 5.81. The van der Waals surface area contributed by atoms with Crippen molar-refractivity contribution >= 4 is 12.0 Å². The van der Waals surface area contributed by atoms with Crippen molar-refractivity contribution in [3.63, 3.8) is 0 Å². The van der Waals surface area contributed by atoms with E-state index < -0.39 is 0 Å².